The molecule has 2 rings (SSSR count). The number of ether oxygens (including phenoxy) is 1. The minimum Gasteiger partial charge on any atom is -0.496 e. The van der Waals surface area contributed by atoms with Crippen LogP contribution in [0.15, 0.2) is 54.6 Å². The molecule has 0 amide bonds. The first-order chi connectivity index (χ1) is 7.90. The number of methoxy groups -OCH3 is 1. The molecule has 85 valence electrons. The van der Waals surface area contributed by atoms with Gasteiger partial charge in [-0.15, -0.1) is 0 Å². The highest BCUT2D eigenvalue weighted by Crippen LogP contribution is 2.23. The Kier molecular flexibility index (Phi) is 5.79. The molecule has 3 heteroatoms. The van der Waals surface area contributed by atoms with Crippen molar-refractivity contribution >= 4 is 22.3 Å². The molecule has 0 aliphatic heterocycles. The molecule has 2 aromatic carbocycles. The highest BCUT2D eigenvalue weighted by Gasteiger charge is 2.01. The lowest BCUT2D eigenvalue weighted by Gasteiger charge is -2.07. The standard InChI is InChI=1S/C14H15OP.B/c1-15-13-9-5-6-10-14(13)16-11-12-7-3-2-4-8-12;/h2-10,16H,11H2,1H3;. The first-order valence-corrected chi connectivity index (χ1v) is 6.51. The molecule has 0 spiro atoms. The second-order valence-corrected chi connectivity index (χ2v) is 4.79. The quantitative estimate of drug-likeness (QED) is 0.590. The highest BCUT2D eigenvalue weighted by atomic mass is 31.1. The van der Waals surface area contributed by atoms with Crippen molar-refractivity contribution in [1.29, 1.82) is 0 Å². The Labute approximate surface area is 107 Å². The zero-order valence-electron chi connectivity index (χ0n) is 9.89. The summed E-state index contributed by atoms with van der Waals surface area (Å²) in [6, 6.07) is 18.8. The van der Waals surface area contributed by atoms with Crippen LogP contribution in [0.1, 0.15) is 5.56 Å². The summed E-state index contributed by atoms with van der Waals surface area (Å²) in [6.07, 6.45) is 1.08. The number of benzene rings is 2. The van der Waals surface area contributed by atoms with Crippen molar-refractivity contribution in [3.8, 4) is 5.75 Å². The molecule has 0 N–H and O–H groups in total. The van der Waals surface area contributed by atoms with E-state index in [0.717, 1.165) is 20.5 Å². The smallest absolute Gasteiger partial charge is 0.126 e. The van der Waals surface area contributed by atoms with Crippen LogP contribution in [-0.4, -0.2) is 15.5 Å². The van der Waals surface area contributed by atoms with Crippen LogP contribution in [0.2, 0.25) is 0 Å². The van der Waals surface area contributed by atoms with Gasteiger partial charge in [-0.1, -0.05) is 57.1 Å². The third-order valence-electron chi connectivity index (χ3n) is 2.43. The Morgan fingerprint density at radius 2 is 1.59 bits per heavy atom. The lowest BCUT2D eigenvalue weighted by atomic mass is 10.2. The molecular weight excluding hydrogens is 226 g/mol. The second kappa shape index (κ2) is 7.14. The zero-order valence-corrected chi connectivity index (χ0v) is 10.9. The van der Waals surface area contributed by atoms with E-state index in [1.54, 1.807) is 7.11 Å². The molecule has 0 aromatic heterocycles. The Morgan fingerprint density at radius 3 is 2.29 bits per heavy atom. The van der Waals surface area contributed by atoms with E-state index in [-0.39, 0.29) is 8.41 Å². The van der Waals surface area contributed by atoms with Gasteiger partial charge in [-0.2, -0.15) is 0 Å². The minimum absolute atomic E-state index is 0. The van der Waals surface area contributed by atoms with Gasteiger partial charge in [0, 0.05) is 13.7 Å². The van der Waals surface area contributed by atoms with E-state index in [1.165, 1.54) is 10.9 Å². The van der Waals surface area contributed by atoms with Gasteiger partial charge in [0.15, 0.2) is 0 Å². The molecule has 0 aliphatic carbocycles. The molecule has 17 heavy (non-hydrogen) atoms. The summed E-state index contributed by atoms with van der Waals surface area (Å²) < 4.78 is 5.34. The molecule has 0 heterocycles. The van der Waals surface area contributed by atoms with Gasteiger partial charge < -0.3 is 4.74 Å². The number of hydrogen-bond acceptors (Lipinski definition) is 1. The van der Waals surface area contributed by atoms with Crippen molar-refractivity contribution in [2.45, 2.75) is 6.16 Å². The molecule has 0 bridgehead atoms. The summed E-state index contributed by atoms with van der Waals surface area (Å²) in [5.41, 5.74) is 1.38. The van der Waals surface area contributed by atoms with Crippen LogP contribution < -0.4 is 10.0 Å². The molecule has 0 saturated heterocycles. The van der Waals surface area contributed by atoms with Crippen molar-refractivity contribution in [2.75, 3.05) is 7.11 Å². The van der Waals surface area contributed by atoms with E-state index in [9.17, 15) is 0 Å². The Balaban J connectivity index is 0.00000144. The van der Waals surface area contributed by atoms with Crippen LogP contribution in [0.5, 0.6) is 5.75 Å². The van der Waals surface area contributed by atoms with Gasteiger partial charge in [0.05, 0.1) is 7.11 Å². The summed E-state index contributed by atoms with van der Waals surface area (Å²) in [5, 5.41) is 1.30. The third-order valence-corrected chi connectivity index (χ3v) is 3.81. The predicted molar refractivity (Wildman–Crippen MR) is 76.8 cm³/mol. The maximum Gasteiger partial charge on any atom is 0.126 e. The van der Waals surface area contributed by atoms with E-state index in [2.05, 4.69) is 42.5 Å². The monoisotopic (exact) mass is 241 g/mol. The SMILES string of the molecule is COc1ccccc1PCc1ccccc1.[B]. The fourth-order valence-corrected chi connectivity index (χ4v) is 2.79. The zero-order chi connectivity index (χ0) is 11.2. The average Bonchev–Trinajstić information content (AvgIpc) is 2.38. The van der Waals surface area contributed by atoms with E-state index in [1.807, 2.05) is 12.1 Å². The molecule has 3 radical (unpaired) electrons. The lowest BCUT2D eigenvalue weighted by Crippen LogP contribution is -2.00. The summed E-state index contributed by atoms with van der Waals surface area (Å²) >= 11 is 0. The molecule has 1 unspecified atom stereocenters. The second-order valence-electron chi connectivity index (χ2n) is 3.54. The summed E-state index contributed by atoms with van der Waals surface area (Å²) in [4.78, 5) is 0. The Bertz CT molecular complexity index is 445. The maximum absolute atomic E-state index is 5.34. The number of para-hydroxylation sites is 1. The maximum atomic E-state index is 5.34. The van der Waals surface area contributed by atoms with Crippen LogP contribution in [0.3, 0.4) is 0 Å². The normalized spacial score (nSPS) is 10.2. The fraction of sp³-hybridized carbons (Fsp3) is 0.143. The van der Waals surface area contributed by atoms with Crippen LogP contribution in [0.4, 0.5) is 0 Å². The van der Waals surface area contributed by atoms with E-state index >= 15 is 0 Å². The van der Waals surface area contributed by atoms with Gasteiger partial charge in [-0.05, 0) is 17.8 Å². The van der Waals surface area contributed by atoms with Crippen LogP contribution in [0, 0.1) is 0 Å². The Hall–Kier alpha value is -1.27. The predicted octanol–water partition coefficient (Wildman–Crippen LogP) is 2.82. The van der Waals surface area contributed by atoms with Crippen LogP contribution >= 0.6 is 8.58 Å². The summed E-state index contributed by atoms with van der Waals surface area (Å²) in [7, 11) is 2.49. The van der Waals surface area contributed by atoms with Gasteiger partial charge in [-0.25, -0.2) is 0 Å². The van der Waals surface area contributed by atoms with E-state index in [4.69, 9.17) is 4.74 Å². The molecule has 1 nitrogen and oxygen atoms in total. The minimum atomic E-state index is 0. The van der Waals surface area contributed by atoms with Crippen LogP contribution in [-0.2, 0) is 6.16 Å². The number of rotatable bonds is 4. The van der Waals surface area contributed by atoms with Gasteiger partial charge in [0.25, 0.3) is 0 Å². The van der Waals surface area contributed by atoms with Crippen molar-refractivity contribution in [1.82, 2.24) is 0 Å². The van der Waals surface area contributed by atoms with Gasteiger partial charge in [0.1, 0.15) is 5.75 Å². The molecular formula is C14H15BOP. The van der Waals surface area contributed by atoms with E-state index in [0.29, 0.717) is 0 Å². The van der Waals surface area contributed by atoms with Crippen molar-refractivity contribution in [3.63, 3.8) is 0 Å². The fourth-order valence-electron chi connectivity index (χ4n) is 1.58. The third kappa shape index (κ3) is 3.91. The first-order valence-electron chi connectivity index (χ1n) is 5.31. The van der Waals surface area contributed by atoms with Crippen LogP contribution in [0.25, 0.3) is 0 Å². The van der Waals surface area contributed by atoms with E-state index < -0.39 is 0 Å². The van der Waals surface area contributed by atoms with Crippen molar-refractivity contribution < 1.29 is 4.74 Å². The summed E-state index contributed by atoms with van der Waals surface area (Å²) in [6.45, 7) is 0. The molecule has 2 aromatic rings. The number of hydrogen-bond donors (Lipinski definition) is 0. The topological polar surface area (TPSA) is 9.23 Å². The van der Waals surface area contributed by atoms with Gasteiger partial charge in [-0.3, -0.25) is 0 Å². The highest BCUT2D eigenvalue weighted by molar-refractivity contribution is 7.46. The molecule has 0 fully saturated rings. The first kappa shape index (κ1) is 13.8. The van der Waals surface area contributed by atoms with Crippen molar-refractivity contribution in [3.05, 3.63) is 60.2 Å². The molecule has 0 aliphatic rings. The molecule has 1 atom stereocenters. The summed E-state index contributed by atoms with van der Waals surface area (Å²) in [5.74, 6) is 0.997. The lowest BCUT2D eigenvalue weighted by molar-refractivity contribution is 0.418. The van der Waals surface area contributed by atoms with Gasteiger partial charge >= 0.3 is 0 Å². The average molecular weight is 241 g/mol. The molecule has 0 saturated carbocycles. The van der Waals surface area contributed by atoms with Crippen molar-refractivity contribution in [2.24, 2.45) is 0 Å². The largest absolute Gasteiger partial charge is 0.496 e. The van der Waals surface area contributed by atoms with Gasteiger partial charge in [0.2, 0.25) is 0 Å². The Morgan fingerprint density at radius 1 is 0.941 bits per heavy atom.